The molecule has 3 rings (SSSR count). The van der Waals surface area contributed by atoms with Crippen LogP contribution in [0.15, 0.2) is 24.3 Å². The molecule has 2 saturated heterocycles. The Labute approximate surface area is 150 Å². The molecule has 134 valence electrons. The molecule has 1 aromatic rings. The Morgan fingerprint density at radius 1 is 1.40 bits per heavy atom. The number of hydrogen-bond acceptors (Lipinski definition) is 4. The van der Waals surface area contributed by atoms with Crippen LogP contribution in [0, 0.1) is 22.7 Å². The van der Waals surface area contributed by atoms with E-state index in [9.17, 15) is 4.79 Å². The minimum absolute atomic E-state index is 0.209. The number of hydrogen-bond donors (Lipinski definition) is 0. The van der Waals surface area contributed by atoms with Gasteiger partial charge >= 0.3 is 0 Å². The number of carbonyl (C=O) groups excluding carboxylic acids is 1. The van der Waals surface area contributed by atoms with Crippen LogP contribution in [0.1, 0.15) is 24.5 Å². The minimum Gasteiger partial charge on any atom is -0.341 e. The fourth-order valence-corrected chi connectivity index (χ4v) is 4.30. The minimum atomic E-state index is -0.209. The molecule has 2 atom stereocenters. The van der Waals surface area contributed by atoms with Crippen molar-refractivity contribution in [3.05, 3.63) is 35.4 Å². The summed E-state index contributed by atoms with van der Waals surface area (Å²) in [5.41, 5.74) is 1.64. The van der Waals surface area contributed by atoms with Crippen molar-refractivity contribution < 1.29 is 4.79 Å². The summed E-state index contributed by atoms with van der Waals surface area (Å²) >= 11 is 0. The fraction of sp³-hybridized carbons (Fsp3) is 0.600. The van der Waals surface area contributed by atoms with E-state index < -0.39 is 0 Å². The molecular weight excluding hydrogens is 312 g/mol. The van der Waals surface area contributed by atoms with Gasteiger partial charge in [-0.15, -0.1) is 0 Å². The van der Waals surface area contributed by atoms with E-state index >= 15 is 0 Å². The van der Waals surface area contributed by atoms with Gasteiger partial charge in [-0.25, -0.2) is 0 Å². The van der Waals surface area contributed by atoms with Gasteiger partial charge in [0, 0.05) is 39.3 Å². The number of amides is 1. The first-order valence-corrected chi connectivity index (χ1v) is 9.10. The van der Waals surface area contributed by atoms with Gasteiger partial charge in [0.15, 0.2) is 0 Å². The summed E-state index contributed by atoms with van der Waals surface area (Å²) in [6, 6.07) is 9.99. The van der Waals surface area contributed by atoms with Gasteiger partial charge in [0.1, 0.15) is 0 Å². The third-order valence-corrected chi connectivity index (χ3v) is 5.80. The van der Waals surface area contributed by atoms with Crippen molar-refractivity contribution in [2.75, 3.05) is 46.8 Å². The van der Waals surface area contributed by atoms with Gasteiger partial charge in [-0.05, 0) is 44.1 Å². The second kappa shape index (κ2) is 7.15. The van der Waals surface area contributed by atoms with Gasteiger partial charge in [0.2, 0.25) is 5.91 Å². The molecular formula is C20H28N4O. The number of nitrogens with zero attached hydrogens (tertiary/aromatic N) is 4. The lowest BCUT2D eigenvalue weighted by Gasteiger charge is -2.27. The van der Waals surface area contributed by atoms with Crippen molar-refractivity contribution in [1.82, 2.24) is 14.7 Å². The molecule has 0 bridgehead atoms. The Hall–Kier alpha value is -1.90. The Morgan fingerprint density at radius 3 is 2.92 bits per heavy atom. The zero-order valence-corrected chi connectivity index (χ0v) is 15.5. The molecule has 5 heteroatoms. The van der Waals surface area contributed by atoms with E-state index in [-0.39, 0.29) is 5.41 Å². The maximum absolute atomic E-state index is 13.1. The molecule has 2 aliphatic heterocycles. The summed E-state index contributed by atoms with van der Waals surface area (Å²) in [6.07, 6.45) is 0.967. The summed E-state index contributed by atoms with van der Waals surface area (Å²) in [4.78, 5) is 19.7. The fourth-order valence-electron chi connectivity index (χ4n) is 4.30. The second-order valence-corrected chi connectivity index (χ2v) is 7.88. The Bertz CT molecular complexity index is 681. The van der Waals surface area contributed by atoms with Crippen LogP contribution < -0.4 is 0 Å². The van der Waals surface area contributed by atoms with Crippen molar-refractivity contribution in [3.8, 4) is 6.07 Å². The van der Waals surface area contributed by atoms with Gasteiger partial charge in [0.05, 0.1) is 17.0 Å². The van der Waals surface area contributed by atoms with Crippen LogP contribution in [0.2, 0.25) is 0 Å². The van der Waals surface area contributed by atoms with Crippen LogP contribution in [-0.4, -0.2) is 67.4 Å². The van der Waals surface area contributed by atoms with Gasteiger partial charge < -0.3 is 9.80 Å². The van der Waals surface area contributed by atoms with E-state index in [4.69, 9.17) is 5.26 Å². The monoisotopic (exact) mass is 340 g/mol. The normalized spacial score (nSPS) is 26.8. The SMILES string of the molecule is C[C@H]1CN(Cc2cccc(C#N)c2)C[C@@]12CCN(CCN(C)C)C2=O. The van der Waals surface area contributed by atoms with Crippen molar-refractivity contribution in [2.45, 2.75) is 19.9 Å². The van der Waals surface area contributed by atoms with E-state index in [0.29, 0.717) is 17.4 Å². The predicted octanol–water partition coefficient (Wildman–Crippen LogP) is 1.79. The van der Waals surface area contributed by atoms with Crippen LogP contribution in [0.4, 0.5) is 0 Å². The highest BCUT2D eigenvalue weighted by molar-refractivity contribution is 5.86. The van der Waals surface area contributed by atoms with Crippen LogP contribution in [0.25, 0.3) is 0 Å². The van der Waals surface area contributed by atoms with Crippen molar-refractivity contribution in [3.63, 3.8) is 0 Å². The first-order valence-electron chi connectivity index (χ1n) is 9.10. The Morgan fingerprint density at radius 2 is 2.20 bits per heavy atom. The molecule has 1 amide bonds. The van der Waals surface area contributed by atoms with Gasteiger partial charge in [0.25, 0.3) is 0 Å². The topological polar surface area (TPSA) is 50.6 Å². The largest absolute Gasteiger partial charge is 0.341 e. The molecule has 1 aromatic carbocycles. The highest BCUT2D eigenvalue weighted by Gasteiger charge is 2.54. The van der Waals surface area contributed by atoms with Crippen molar-refractivity contribution in [1.29, 1.82) is 5.26 Å². The standard InChI is InChI=1S/C20H28N4O/c1-16-13-23(14-18-6-4-5-17(11-18)12-21)15-20(16)7-8-24(19(20)25)10-9-22(2)3/h4-6,11,16H,7-10,13-15H2,1-3H3/t16-,20-/m0/s1. The molecule has 0 radical (unpaired) electrons. The van der Waals surface area contributed by atoms with Gasteiger partial charge in [-0.2, -0.15) is 5.26 Å². The molecule has 2 aliphatic rings. The van der Waals surface area contributed by atoms with E-state index in [1.165, 1.54) is 0 Å². The molecule has 25 heavy (non-hydrogen) atoms. The molecule has 2 fully saturated rings. The molecule has 0 saturated carbocycles. The highest BCUT2D eigenvalue weighted by Crippen LogP contribution is 2.44. The highest BCUT2D eigenvalue weighted by atomic mass is 16.2. The number of rotatable bonds is 5. The molecule has 5 nitrogen and oxygen atoms in total. The third-order valence-electron chi connectivity index (χ3n) is 5.80. The zero-order valence-electron chi connectivity index (χ0n) is 15.5. The van der Waals surface area contributed by atoms with Crippen LogP contribution in [-0.2, 0) is 11.3 Å². The summed E-state index contributed by atoms with van der Waals surface area (Å²) in [6.45, 7) is 7.44. The smallest absolute Gasteiger partial charge is 0.230 e. The van der Waals surface area contributed by atoms with Crippen LogP contribution in [0.5, 0.6) is 0 Å². The maximum Gasteiger partial charge on any atom is 0.230 e. The molecule has 0 aliphatic carbocycles. The van der Waals surface area contributed by atoms with Crippen LogP contribution in [0.3, 0.4) is 0 Å². The molecule has 0 aromatic heterocycles. The third kappa shape index (κ3) is 3.56. The van der Waals surface area contributed by atoms with E-state index in [0.717, 1.165) is 51.3 Å². The molecule has 1 spiro atoms. The second-order valence-electron chi connectivity index (χ2n) is 7.88. The van der Waals surface area contributed by atoms with Gasteiger partial charge in [-0.1, -0.05) is 19.1 Å². The lowest BCUT2D eigenvalue weighted by molar-refractivity contribution is -0.137. The zero-order chi connectivity index (χ0) is 18.0. The quantitative estimate of drug-likeness (QED) is 0.820. The van der Waals surface area contributed by atoms with Crippen molar-refractivity contribution in [2.24, 2.45) is 11.3 Å². The van der Waals surface area contributed by atoms with E-state index in [1.807, 2.05) is 32.3 Å². The average Bonchev–Trinajstić information content (AvgIpc) is 3.07. The predicted molar refractivity (Wildman–Crippen MR) is 97.8 cm³/mol. The number of likely N-dealkylation sites (tertiary alicyclic amines) is 2. The summed E-state index contributed by atoms with van der Waals surface area (Å²) in [5, 5.41) is 9.07. The average molecular weight is 340 g/mol. The lowest BCUT2D eigenvalue weighted by Crippen LogP contribution is -2.41. The van der Waals surface area contributed by atoms with Crippen LogP contribution >= 0.6 is 0 Å². The summed E-state index contributed by atoms with van der Waals surface area (Å²) < 4.78 is 0. The summed E-state index contributed by atoms with van der Waals surface area (Å²) in [5.74, 6) is 0.721. The Kier molecular flexibility index (Phi) is 5.12. The number of nitriles is 1. The van der Waals surface area contributed by atoms with Crippen molar-refractivity contribution >= 4 is 5.91 Å². The Balaban J connectivity index is 1.67. The lowest BCUT2D eigenvalue weighted by atomic mass is 9.78. The van der Waals surface area contributed by atoms with E-state index in [2.05, 4.69) is 33.8 Å². The summed E-state index contributed by atoms with van der Waals surface area (Å²) in [7, 11) is 4.09. The first-order chi connectivity index (χ1) is 11.9. The van der Waals surface area contributed by atoms with Gasteiger partial charge in [-0.3, -0.25) is 9.69 Å². The number of carbonyl (C=O) groups is 1. The number of likely N-dealkylation sites (N-methyl/N-ethyl adjacent to an activating group) is 1. The number of benzene rings is 1. The molecule has 0 unspecified atom stereocenters. The first kappa shape index (κ1) is 17.9. The molecule has 0 N–H and O–H groups in total. The molecule has 2 heterocycles. The maximum atomic E-state index is 13.1. The van der Waals surface area contributed by atoms with E-state index in [1.54, 1.807) is 0 Å².